The quantitative estimate of drug-likeness (QED) is 0.925. The van der Waals surface area contributed by atoms with Crippen molar-refractivity contribution in [1.29, 1.82) is 0 Å². The average Bonchev–Trinajstić information content (AvgIpc) is 2.45. The van der Waals surface area contributed by atoms with Gasteiger partial charge in [-0.2, -0.15) is 13.2 Å². The van der Waals surface area contributed by atoms with Crippen LogP contribution in [0.3, 0.4) is 0 Å². The van der Waals surface area contributed by atoms with E-state index in [-0.39, 0.29) is 0 Å². The Morgan fingerprint density at radius 1 is 1.19 bits per heavy atom. The Kier molecular flexibility index (Phi) is 4.35. The molecular weight excluding hydrogens is 281 g/mol. The van der Waals surface area contributed by atoms with Crippen molar-refractivity contribution in [3.8, 4) is 5.75 Å². The van der Waals surface area contributed by atoms with E-state index in [4.69, 9.17) is 4.74 Å². The molecule has 0 unspecified atom stereocenters. The van der Waals surface area contributed by atoms with E-state index in [1.807, 2.05) is 13.0 Å². The van der Waals surface area contributed by atoms with Crippen molar-refractivity contribution in [3.05, 3.63) is 53.3 Å². The molecule has 2 aromatic rings. The molecule has 0 aliphatic heterocycles. The molecule has 1 aromatic heterocycles. The summed E-state index contributed by atoms with van der Waals surface area (Å²) >= 11 is 0. The zero-order valence-electron chi connectivity index (χ0n) is 11.7. The molecule has 0 saturated carbocycles. The topological polar surface area (TPSA) is 34.1 Å². The minimum Gasteiger partial charge on any atom is -0.493 e. The van der Waals surface area contributed by atoms with Crippen molar-refractivity contribution >= 4 is 5.69 Å². The van der Waals surface area contributed by atoms with Gasteiger partial charge >= 0.3 is 6.18 Å². The second-order valence-electron chi connectivity index (χ2n) is 4.57. The lowest BCUT2D eigenvalue weighted by Crippen LogP contribution is -2.06. The first-order chi connectivity index (χ1) is 9.90. The largest absolute Gasteiger partial charge is 0.493 e. The minimum absolute atomic E-state index is 0.401. The van der Waals surface area contributed by atoms with Crippen LogP contribution in [0.1, 0.15) is 16.8 Å². The van der Waals surface area contributed by atoms with Gasteiger partial charge in [-0.25, -0.2) is 0 Å². The van der Waals surface area contributed by atoms with E-state index < -0.39 is 11.7 Å². The molecule has 0 atom stereocenters. The van der Waals surface area contributed by atoms with Gasteiger partial charge < -0.3 is 10.1 Å². The van der Waals surface area contributed by atoms with E-state index in [0.29, 0.717) is 12.3 Å². The third-order valence-corrected chi connectivity index (χ3v) is 2.99. The first-order valence-corrected chi connectivity index (χ1v) is 6.31. The highest BCUT2D eigenvalue weighted by Gasteiger charge is 2.29. The van der Waals surface area contributed by atoms with Crippen LogP contribution in [-0.4, -0.2) is 12.1 Å². The Morgan fingerprint density at radius 2 is 1.86 bits per heavy atom. The predicted molar refractivity (Wildman–Crippen MR) is 74.3 cm³/mol. The van der Waals surface area contributed by atoms with E-state index >= 15 is 0 Å². The van der Waals surface area contributed by atoms with Crippen LogP contribution in [0.25, 0.3) is 0 Å². The summed E-state index contributed by atoms with van der Waals surface area (Å²) in [6.45, 7) is 2.25. The van der Waals surface area contributed by atoms with E-state index in [1.54, 1.807) is 6.20 Å². The minimum atomic E-state index is -4.31. The molecule has 1 N–H and O–H groups in total. The van der Waals surface area contributed by atoms with Crippen molar-refractivity contribution in [1.82, 2.24) is 4.98 Å². The molecule has 0 bridgehead atoms. The molecule has 0 aliphatic rings. The summed E-state index contributed by atoms with van der Waals surface area (Å²) in [7, 11) is 1.54. The maximum atomic E-state index is 12.5. The second kappa shape index (κ2) is 6.03. The van der Waals surface area contributed by atoms with Crippen LogP contribution in [0.15, 0.2) is 36.5 Å². The Hall–Kier alpha value is -2.24. The summed E-state index contributed by atoms with van der Waals surface area (Å²) in [6.07, 6.45) is -2.71. The van der Waals surface area contributed by atoms with Crippen LogP contribution in [0, 0.1) is 6.92 Å². The SMILES string of the molecule is COc1cnc(C)cc1NCc1ccc(C(F)(F)F)cc1. The number of anilines is 1. The lowest BCUT2D eigenvalue weighted by atomic mass is 10.1. The summed E-state index contributed by atoms with van der Waals surface area (Å²) in [5.74, 6) is 0.590. The Labute approximate surface area is 120 Å². The van der Waals surface area contributed by atoms with Crippen molar-refractivity contribution in [2.75, 3.05) is 12.4 Å². The van der Waals surface area contributed by atoms with Crippen molar-refractivity contribution in [3.63, 3.8) is 0 Å². The molecule has 1 aromatic carbocycles. The fraction of sp³-hybridized carbons (Fsp3) is 0.267. The lowest BCUT2D eigenvalue weighted by Gasteiger charge is -2.12. The maximum absolute atomic E-state index is 12.5. The number of methoxy groups -OCH3 is 1. The third kappa shape index (κ3) is 3.87. The zero-order chi connectivity index (χ0) is 15.5. The monoisotopic (exact) mass is 296 g/mol. The number of alkyl halides is 3. The Balaban J connectivity index is 2.08. The number of pyridine rings is 1. The van der Waals surface area contributed by atoms with Crippen LogP contribution in [0.5, 0.6) is 5.75 Å². The fourth-order valence-electron chi connectivity index (χ4n) is 1.86. The molecule has 21 heavy (non-hydrogen) atoms. The number of halogens is 3. The van der Waals surface area contributed by atoms with E-state index in [0.717, 1.165) is 29.1 Å². The molecule has 0 fully saturated rings. The number of ether oxygens (including phenoxy) is 1. The predicted octanol–water partition coefficient (Wildman–Crippen LogP) is 4.03. The van der Waals surface area contributed by atoms with Gasteiger partial charge in [0.25, 0.3) is 0 Å². The Bertz CT molecular complexity index is 609. The first kappa shape index (κ1) is 15.2. The highest BCUT2D eigenvalue weighted by Crippen LogP contribution is 2.29. The highest BCUT2D eigenvalue weighted by atomic mass is 19.4. The zero-order valence-corrected chi connectivity index (χ0v) is 11.7. The molecule has 112 valence electrons. The molecule has 3 nitrogen and oxygen atoms in total. The Morgan fingerprint density at radius 3 is 2.43 bits per heavy atom. The average molecular weight is 296 g/mol. The number of rotatable bonds is 4. The van der Waals surface area contributed by atoms with Crippen LogP contribution in [-0.2, 0) is 12.7 Å². The van der Waals surface area contributed by atoms with Crippen LogP contribution in [0.4, 0.5) is 18.9 Å². The maximum Gasteiger partial charge on any atom is 0.416 e. The van der Waals surface area contributed by atoms with Gasteiger partial charge in [0.1, 0.15) is 0 Å². The molecule has 0 saturated heterocycles. The fourth-order valence-corrected chi connectivity index (χ4v) is 1.86. The van der Waals surface area contributed by atoms with Crippen molar-refractivity contribution < 1.29 is 17.9 Å². The first-order valence-electron chi connectivity index (χ1n) is 6.31. The van der Waals surface area contributed by atoms with Gasteiger partial charge in [-0.15, -0.1) is 0 Å². The van der Waals surface area contributed by atoms with E-state index in [9.17, 15) is 13.2 Å². The summed E-state index contributed by atoms with van der Waals surface area (Å²) in [5.41, 5.74) is 1.68. The molecule has 0 spiro atoms. The molecule has 0 aliphatic carbocycles. The van der Waals surface area contributed by atoms with E-state index in [1.165, 1.54) is 19.2 Å². The van der Waals surface area contributed by atoms with Crippen molar-refractivity contribution in [2.24, 2.45) is 0 Å². The summed E-state index contributed by atoms with van der Waals surface area (Å²) in [4.78, 5) is 4.11. The van der Waals surface area contributed by atoms with Gasteiger partial charge in [0.15, 0.2) is 5.75 Å². The van der Waals surface area contributed by atoms with Crippen LogP contribution in [0.2, 0.25) is 0 Å². The number of aryl methyl sites for hydroxylation is 1. The lowest BCUT2D eigenvalue weighted by molar-refractivity contribution is -0.137. The van der Waals surface area contributed by atoms with Gasteiger partial charge in [0.2, 0.25) is 0 Å². The van der Waals surface area contributed by atoms with Crippen LogP contribution >= 0.6 is 0 Å². The number of hydrogen-bond acceptors (Lipinski definition) is 3. The number of nitrogens with one attached hydrogen (secondary N) is 1. The number of nitrogens with zero attached hydrogens (tertiary/aromatic N) is 1. The number of aromatic nitrogens is 1. The van der Waals surface area contributed by atoms with Gasteiger partial charge in [0, 0.05) is 12.2 Å². The van der Waals surface area contributed by atoms with Gasteiger partial charge in [-0.1, -0.05) is 12.1 Å². The summed E-state index contributed by atoms with van der Waals surface area (Å²) in [5, 5.41) is 3.13. The standard InChI is InChI=1S/C15H15F3N2O/c1-10-7-13(14(21-2)9-19-10)20-8-11-3-5-12(6-4-11)15(16,17)18/h3-7,9H,8H2,1-2H3,(H,19,20). The van der Waals surface area contributed by atoms with Gasteiger partial charge in [0.05, 0.1) is 24.6 Å². The number of hydrogen-bond donors (Lipinski definition) is 1. The van der Waals surface area contributed by atoms with Crippen LogP contribution < -0.4 is 10.1 Å². The normalized spacial score (nSPS) is 11.3. The molecule has 2 rings (SSSR count). The van der Waals surface area contributed by atoms with Gasteiger partial charge in [-0.3, -0.25) is 4.98 Å². The smallest absolute Gasteiger partial charge is 0.416 e. The highest BCUT2D eigenvalue weighted by molar-refractivity contribution is 5.56. The molecule has 6 heteroatoms. The van der Waals surface area contributed by atoms with Crippen molar-refractivity contribution in [2.45, 2.75) is 19.6 Å². The second-order valence-corrected chi connectivity index (χ2v) is 4.57. The van der Waals surface area contributed by atoms with E-state index in [2.05, 4.69) is 10.3 Å². The molecule has 0 amide bonds. The molecular formula is C15H15F3N2O. The third-order valence-electron chi connectivity index (χ3n) is 2.99. The summed E-state index contributed by atoms with van der Waals surface area (Å²) in [6, 6.07) is 6.88. The van der Waals surface area contributed by atoms with Gasteiger partial charge in [-0.05, 0) is 30.7 Å². The molecule has 1 heterocycles. The molecule has 0 radical (unpaired) electrons. The number of benzene rings is 1. The summed E-state index contributed by atoms with van der Waals surface area (Å²) < 4.78 is 42.6.